The second-order valence-electron chi connectivity index (χ2n) is 3.66. The predicted molar refractivity (Wildman–Crippen MR) is 58.9 cm³/mol. The van der Waals surface area contributed by atoms with Gasteiger partial charge in [-0.05, 0) is 43.5 Å². The molecule has 0 amide bonds. The zero-order chi connectivity index (χ0) is 9.26. The van der Waals surface area contributed by atoms with E-state index in [-0.39, 0.29) is 0 Å². The van der Waals surface area contributed by atoms with E-state index >= 15 is 0 Å². The standard InChI is InChI=1S/C11H14BrN/c1-8-4-5-9(7-10(8)12)11-3-2-6-13-11/h4-5,7,11,13H,2-3,6H2,1H3. The van der Waals surface area contributed by atoms with Crippen LogP contribution in [0.15, 0.2) is 22.7 Å². The van der Waals surface area contributed by atoms with Crippen molar-refractivity contribution in [2.45, 2.75) is 25.8 Å². The van der Waals surface area contributed by atoms with Gasteiger partial charge in [0.1, 0.15) is 0 Å². The quantitative estimate of drug-likeness (QED) is 0.794. The van der Waals surface area contributed by atoms with Gasteiger partial charge in [0.2, 0.25) is 0 Å². The third kappa shape index (κ3) is 1.94. The van der Waals surface area contributed by atoms with Crippen molar-refractivity contribution >= 4 is 15.9 Å². The first-order chi connectivity index (χ1) is 6.27. The van der Waals surface area contributed by atoms with Gasteiger partial charge in [-0.3, -0.25) is 0 Å². The topological polar surface area (TPSA) is 12.0 Å². The molecule has 0 bridgehead atoms. The number of aryl methyl sites for hydroxylation is 1. The van der Waals surface area contributed by atoms with Crippen LogP contribution in [0.1, 0.15) is 30.0 Å². The van der Waals surface area contributed by atoms with Gasteiger partial charge in [0.25, 0.3) is 0 Å². The summed E-state index contributed by atoms with van der Waals surface area (Å²) in [6, 6.07) is 7.22. The first-order valence-corrected chi connectivity index (χ1v) is 5.56. The van der Waals surface area contributed by atoms with Gasteiger partial charge in [0.15, 0.2) is 0 Å². The lowest BCUT2D eigenvalue weighted by Crippen LogP contribution is -2.12. The van der Waals surface area contributed by atoms with Crippen molar-refractivity contribution in [3.8, 4) is 0 Å². The molecule has 1 aliphatic heterocycles. The molecule has 1 saturated heterocycles. The molecule has 1 unspecified atom stereocenters. The Hall–Kier alpha value is -0.340. The van der Waals surface area contributed by atoms with Gasteiger partial charge in [0.05, 0.1) is 0 Å². The number of hydrogen-bond acceptors (Lipinski definition) is 1. The highest BCUT2D eigenvalue weighted by atomic mass is 79.9. The lowest BCUT2D eigenvalue weighted by molar-refractivity contribution is 0.647. The van der Waals surface area contributed by atoms with Gasteiger partial charge in [-0.1, -0.05) is 28.1 Å². The summed E-state index contributed by atoms with van der Waals surface area (Å²) in [7, 11) is 0. The highest BCUT2D eigenvalue weighted by Gasteiger charge is 2.16. The van der Waals surface area contributed by atoms with Gasteiger partial charge < -0.3 is 5.32 Å². The van der Waals surface area contributed by atoms with E-state index < -0.39 is 0 Å². The van der Waals surface area contributed by atoms with E-state index in [4.69, 9.17) is 0 Å². The van der Waals surface area contributed by atoms with Crippen LogP contribution in [-0.2, 0) is 0 Å². The third-order valence-corrected chi connectivity index (χ3v) is 3.51. The van der Waals surface area contributed by atoms with Crippen LogP contribution in [0.2, 0.25) is 0 Å². The van der Waals surface area contributed by atoms with E-state index in [9.17, 15) is 0 Å². The Kier molecular flexibility index (Phi) is 2.70. The van der Waals surface area contributed by atoms with Gasteiger partial charge in [-0.2, -0.15) is 0 Å². The van der Waals surface area contributed by atoms with Crippen molar-refractivity contribution < 1.29 is 0 Å². The Bertz CT molecular complexity index is 303. The van der Waals surface area contributed by atoms with Crippen molar-refractivity contribution in [1.29, 1.82) is 0 Å². The molecular weight excluding hydrogens is 226 g/mol. The number of hydrogen-bond donors (Lipinski definition) is 1. The second-order valence-corrected chi connectivity index (χ2v) is 4.51. The molecule has 1 aromatic rings. The van der Waals surface area contributed by atoms with Crippen LogP contribution < -0.4 is 5.32 Å². The summed E-state index contributed by atoms with van der Waals surface area (Å²) in [6.07, 6.45) is 2.58. The van der Waals surface area contributed by atoms with E-state index in [1.807, 2.05) is 0 Å². The number of halogens is 1. The third-order valence-electron chi connectivity index (χ3n) is 2.66. The predicted octanol–water partition coefficient (Wildman–Crippen LogP) is 3.18. The lowest BCUT2D eigenvalue weighted by Gasteiger charge is -2.11. The maximum absolute atomic E-state index is 3.57. The van der Waals surface area contributed by atoms with Crippen LogP contribution >= 0.6 is 15.9 Å². The summed E-state index contributed by atoms with van der Waals surface area (Å²) in [4.78, 5) is 0. The molecule has 1 N–H and O–H groups in total. The molecule has 0 aliphatic carbocycles. The van der Waals surface area contributed by atoms with Crippen LogP contribution in [0, 0.1) is 6.92 Å². The normalized spacial score (nSPS) is 22.2. The van der Waals surface area contributed by atoms with Crippen LogP contribution in [0.3, 0.4) is 0 Å². The first kappa shape index (κ1) is 9.22. The van der Waals surface area contributed by atoms with Gasteiger partial charge in [-0.25, -0.2) is 0 Å². The summed E-state index contributed by atoms with van der Waals surface area (Å²) < 4.78 is 1.22. The molecular formula is C11H14BrN. The molecule has 0 saturated carbocycles. The summed E-state index contributed by atoms with van der Waals surface area (Å²) in [5.41, 5.74) is 2.72. The maximum Gasteiger partial charge on any atom is 0.0321 e. The fourth-order valence-electron chi connectivity index (χ4n) is 1.79. The SMILES string of the molecule is Cc1ccc(C2CCCN2)cc1Br. The zero-order valence-electron chi connectivity index (χ0n) is 7.81. The minimum absolute atomic E-state index is 0.580. The smallest absolute Gasteiger partial charge is 0.0321 e. The van der Waals surface area contributed by atoms with E-state index in [0.29, 0.717) is 6.04 Å². The minimum Gasteiger partial charge on any atom is -0.310 e. The van der Waals surface area contributed by atoms with E-state index in [0.717, 1.165) is 6.54 Å². The minimum atomic E-state index is 0.580. The molecule has 70 valence electrons. The molecule has 1 heterocycles. The summed E-state index contributed by atoms with van der Waals surface area (Å²) in [5.74, 6) is 0. The second kappa shape index (κ2) is 3.81. The molecule has 1 aromatic carbocycles. The number of nitrogens with one attached hydrogen (secondary N) is 1. The zero-order valence-corrected chi connectivity index (χ0v) is 9.39. The molecule has 1 atom stereocenters. The Morgan fingerprint density at radius 2 is 2.31 bits per heavy atom. The highest BCUT2D eigenvalue weighted by Crippen LogP contribution is 2.26. The van der Waals surface area contributed by atoms with Crippen molar-refractivity contribution in [2.24, 2.45) is 0 Å². The Labute approximate surface area is 87.7 Å². The molecule has 1 nitrogen and oxygen atoms in total. The van der Waals surface area contributed by atoms with Crippen LogP contribution in [-0.4, -0.2) is 6.54 Å². The largest absolute Gasteiger partial charge is 0.310 e. The molecule has 13 heavy (non-hydrogen) atoms. The van der Waals surface area contributed by atoms with Crippen LogP contribution in [0.5, 0.6) is 0 Å². The average Bonchev–Trinajstić information content (AvgIpc) is 2.62. The fourth-order valence-corrected chi connectivity index (χ4v) is 2.19. The number of rotatable bonds is 1. The van der Waals surface area contributed by atoms with Crippen molar-refractivity contribution in [2.75, 3.05) is 6.54 Å². The highest BCUT2D eigenvalue weighted by molar-refractivity contribution is 9.10. The van der Waals surface area contributed by atoms with Crippen molar-refractivity contribution in [3.05, 3.63) is 33.8 Å². The van der Waals surface area contributed by atoms with Gasteiger partial charge in [-0.15, -0.1) is 0 Å². The fraction of sp³-hybridized carbons (Fsp3) is 0.455. The maximum atomic E-state index is 3.57. The summed E-state index contributed by atoms with van der Waals surface area (Å²) in [5, 5.41) is 3.50. The molecule has 2 heteroatoms. The molecule has 1 aliphatic rings. The summed E-state index contributed by atoms with van der Waals surface area (Å²) in [6.45, 7) is 3.28. The summed E-state index contributed by atoms with van der Waals surface area (Å²) >= 11 is 3.57. The van der Waals surface area contributed by atoms with Gasteiger partial charge in [0, 0.05) is 10.5 Å². The van der Waals surface area contributed by atoms with E-state index in [2.05, 4.69) is 46.4 Å². The average molecular weight is 240 g/mol. The molecule has 0 aromatic heterocycles. The number of benzene rings is 1. The van der Waals surface area contributed by atoms with E-state index in [1.165, 1.54) is 28.4 Å². The Balaban J connectivity index is 2.25. The first-order valence-electron chi connectivity index (χ1n) is 4.77. The molecule has 1 fully saturated rings. The Morgan fingerprint density at radius 1 is 1.46 bits per heavy atom. The molecule has 0 radical (unpaired) electrons. The monoisotopic (exact) mass is 239 g/mol. The van der Waals surface area contributed by atoms with Crippen LogP contribution in [0.25, 0.3) is 0 Å². The molecule has 0 spiro atoms. The Morgan fingerprint density at radius 3 is 2.92 bits per heavy atom. The van der Waals surface area contributed by atoms with E-state index in [1.54, 1.807) is 0 Å². The lowest BCUT2D eigenvalue weighted by atomic mass is 10.0. The van der Waals surface area contributed by atoms with Gasteiger partial charge >= 0.3 is 0 Å². The molecule has 2 rings (SSSR count). The van der Waals surface area contributed by atoms with Crippen LogP contribution in [0.4, 0.5) is 0 Å². The van der Waals surface area contributed by atoms with Crippen molar-refractivity contribution in [1.82, 2.24) is 5.32 Å². The van der Waals surface area contributed by atoms with Crippen molar-refractivity contribution in [3.63, 3.8) is 0 Å².